The van der Waals surface area contributed by atoms with E-state index in [0.717, 1.165) is 26.2 Å². The Hall–Kier alpha value is -0.160. The van der Waals surface area contributed by atoms with Gasteiger partial charge in [-0.2, -0.15) is 0 Å². The lowest BCUT2D eigenvalue weighted by molar-refractivity contribution is 0.267. The van der Waals surface area contributed by atoms with Crippen molar-refractivity contribution in [3.63, 3.8) is 0 Å². The van der Waals surface area contributed by atoms with Crippen molar-refractivity contribution < 1.29 is 5.11 Å². The van der Waals surface area contributed by atoms with Gasteiger partial charge in [-0.1, -0.05) is 0 Å². The van der Waals surface area contributed by atoms with Gasteiger partial charge in [-0.05, 0) is 27.1 Å². The quantitative estimate of drug-likeness (QED) is 0.590. The fourth-order valence-corrected chi connectivity index (χ4v) is 1.81. The van der Waals surface area contributed by atoms with E-state index in [1.165, 1.54) is 13.0 Å². The van der Waals surface area contributed by atoms with E-state index in [-0.39, 0.29) is 6.61 Å². The minimum absolute atomic E-state index is 0.244. The Balaban J connectivity index is 2.08. The van der Waals surface area contributed by atoms with E-state index >= 15 is 0 Å². The minimum Gasteiger partial charge on any atom is -0.395 e. The van der Waals surface area contributed by atoms with Crippen molar-refractivity contribution in [2.45, 2.75) is 12.5 Å². The zero-order chi connectivity index (χ0) is 10.4. The molecular weight excluding hydrogens is 178 g/mol. The molecule has 0 spiro atoms. The molecule has 0 saturated carbocycles. The predicted molar refractivity (Wildman–Crippen MR) is 58.5 cm³/mol. The Morgan fingerprint density at radius 3 is 2.93 bits per heavy atom. The van der Waals surface area contributed by atoms with Crippen molar-refractivity contribution in [3.8, 4) is 0 Å². The van der Waals surface area contributed by atoms with Gasteiger partial charge in [-0.15, -0.1) is 0 Å². The van der Waals surface area contributed by atoms with E-state index < -0.39 is 0 Å². The smallest absolute Gasteiger partial charge is 0.0556 e. The first kappa shape index (κ1) is 11.9. The second-order valence-electron chi connectivity index (χ2n) is 4.27. The second-order valence-corrected chi connectivity index (χ2v) is 4.27. The van der Waals surface area contributed by atoms with Crippen molar-refractivity contribution in [1.82, 2.24) is 15.1 Å². The molecule has 1 saturated heterocycles. The summed E-state index contributed by atoms with van der Waals surface area (Å²) in [5.41, 5.74) is 0. The summed E-state index contributed by atoms with van der Waals surface area (Å²) in [7, 11) is 4.22. The van der Waals surface area contributed by atoms with Crippen LogP contribution >= 0.6 is 0 Å². The lowest BCUT2D eigenvalue weighted by Gasteiger charge is -2.18. The molecule has 1 atom stereocenters. The van der Waals surface area contributed by atoms with Gasteiger partial charge in [0.25, 0.3) is 0 Å². The summed E-state index contributed by atoms with van der Waals surface area (Å²) in [6.07, 6.45) is 1.22. The van der Waals surface area contributed by atoms with Crippen molar-refractivity contribution >= 4 is 0 Å². The molecule has 4 nitrogen and oxygen atoms in total. The third-order valence-electron chi connectivity index (χ3n) is 2.68. The van der Waals surface area contributed by atoms with Crippen LogP contribution in [0.5, 0.6) is 0 Å². The standard InChI is InChI=1S/C10H23N3O/c1-12(2)6-7-13-5-3-10(9-13)11-4-8-14/h10-11,14H,3-9H2,1-2H3. The first-order chi connectivity index (χ1) is 6.72. The van der Waals surface area contributed by atoms with Gasteiger partial charge in [0.15, 0.2) is 0 Å². The molecule has 0 aromatic carbocycles. The van der Waals surface area contributed by atoms with Crippen molar-refractivity contribution in [2.24, 2.45) is 0 Å². The molecule has 0 aromatic rings. The molecule has 1 rings (SSSR count). The SMILES string of the molecule is CN(C)CCN1CCC(NCCO)C1. The molecule has 14 heavy (non-hydrogen) atoms. The molecule has 0 amide bonds. The van der Waals surface area contributed by atoms with Gasteiger partial charge in [0, 0.05) is 32.2 Å². The minimum atomic E-state index is 0.244. The Kier molecular flexibility index (Phi) is 5.40. The van der Waals surface area contributed by atoms with Crippen molar-refractivity contribution in [1.29, 1.82) is 0 Å². The summed E-state index contributed by atoms with van der Waals surface area (Å²) >= 11 is 0. The number of nitrogens with zero attached hydrogens (tertiary/aromatic N) is 2. The van der Waals surface area contributed by atoms with Crippen LogP contribution in [-0.4, -0.2) is 74.4 Å². The summed E-state index contributed by atoms with van der Waals surface area (Å²) in [4.78, 5) is 4.70. The Labute approximate surface area is 86.9 Å². The molecule has 84 valence electrons. The van der Waals surface area contributed by atoms with Crippen molar-refractivity contribution in [2.75, 3.05) is 53.4 Å². The largest absolute Gasteiger partial charge is 0.395 e. The number of hydrogen-bond acceptors (Lipinski definition) is 4. The normalized spacial score (nSPS) is 23.6. The third kappa shape index (κ3) is 4.37. The van der Waals surface area contributed by atoms with Gasteiger partial charge in [0.05, 0.1) is 6.61 Å². The van der Waals surface area contributed by atoms with Crippen LogP contribution in [0.2, 0.25) is 0 Å². The van der Waals surface area contributed by atoms with Gasteiger partial charge in [0.1, 0.15) is 0 Å². The number of nitrogens with one attached hydrogen (secondary N) is 1. The van der Waals surface area contributed by atoms with Crippen LogP contribution in [0.3, 0.4) is 0 Å². The summed E-state index contributed by atoms with van der Waals surface area (Å²) in [5, 5.41) is 12.0. The fraction of sp³-hybridized carbons (Fsp3) is 1.00. The monoisotopic (exact) mass is 201 g/mol. The molecular formula is C10H23N3O. The number of aliphatic hydroxyl groups is 1. The topological polar surface area (TPSA) is 38.7 Å². The Morgan fingerprint density at radius 2 is 2.29 bits per heavy atom. The van der Waals surface area contributed by atoms with E-state index in [4.69, 9.17) is 5.11 Å². The molecule has 1 heterocycles. The second kappa shape index (κ2) is 6.35. The van der Waals surface area contributed by atoms with Crippen LogP contribution in [-0.2, 0) is 0 Å². The molecule has 1 fully saturated rings. The van der Waals surface area contributed by atoms with Crippen LogP contribution in [0.4, 0.5) is 0 Å². The Bertz CT molecular complexity index is 152. The number of likely N-dealkylation sites (tertiary alicyclic amines) is 1. The van der Waals surface area contributed by atoms with Gasteiger partial charge < -0.3 is 20.2 Å². The lowest BCUT2D eigenvalue weighted by atomic mass is 10.3. The molecule has 1 unspecified atom stereocenters. The molecule has 0 aromatic heterocycles. The van der Waals surface area contributed by atoms with Gasteiger partial charge in [0.2, 0.25) is 0 Å². The zero-order valence-corrected chi connectivity index (χ0v) is 9.37. The van der Waals surface area contributed by atoms with Gasteiger partial charge >= 0.3 is 0 Å². The van der Waals surface area contributed by atoms with Crippen LogP contribution in [0.15, 0.2) is 0 Å². The highest BCUT2D eigenvalue weighted by molar-refractivity contribution is 4.80. The average molecular weight is 201 g/mol. The van der Waals surface area contributed by atoms with E-state index in [1.807, 2.05) is 0 Å². The maximum Gasteiger partial charge on any atom is 0.0556 e. The summed E-state index contributed by atoms with van der Waals surface area (Å²) in [6.45, 7) is 5.59. The fourth-order valence-electron chi connectivity index (χ4n) is 1.81. The number of hydrogen-bond donors (Lipinski definition) is 2. The van der Waals surface area contributed by atoms with E-state index in [0.29, 0.717) is 6.04 Å². The number of rotatable bonds is 6. The van der Waals surface area contributed by atoms with Gasteiger partial charge in [-0.3, -0.25) is 0 Å². The van der Waals surface area contributed by atoms with Crippen LogP contribution in [0.25, 0.3) is 0 Å². The van der Waals surface area contributed by atoms with Crippen molar-refractivity contribution in [3.05, 3.63) is 0 Å². The predicted octanol–water partition coefficient (Wildman–Crippen LogP) is -0.796. The summed E-state index contributed by atoms with van der Waals surface area (Å²) in [6, 6.07) is 0.587. The third-order valence-corrected chi connectivity index (χ3v) is 2.68. The lowest BCUT2D eigenvalue weighted by Crippen LogP contribution is -2.36. The van der Waals surface area contributed by atoms with Gasteiger partial charge in [-0.25, -0.2) is 0 Å². The molecule has 2 N–H and O–H groups in total. The van der Waals surface area contributed by atoms with Crippen LogP contribution < -0.4 is 5.32 Å². The van der Waals surface area contributed by atoms with Crippen LogP contribution in [0, 0.1) is 0 Å². The first-order valence-corrected chi connectivity index (χ1v) is 5.43. The molecule has 1 aliphatic rings. The average Bonchev–Trinajstić information content (AvgIpc) is 2.59. The maximum absolute atomic E-state index is 8.69. The molecule has 1 aliphatic heterocycles. The molecule has 0 radical (unpaired) electrons. The highest BCUT2D eigenvalue weighted by atomic mass is 16.3. The molecule has 4 heteroatoms. The molecule has 0 aliphatic carbocycles. The van der Waals surface area contributed by atoms with Crippen LogP contribution in [0.1, 0.15) is 6.42 Å². The number of aliphatic hydroxyl groups excluding tert-OH is 1. The zero-order valence-electron chi connectivity index (χ0n) is 9.37. The molecule has 0 bridgehead atoms. The van der Waals surface area contributed by atoms with E-state index in [2.05, 4.69) is 29.2 Å². The summed E-state index contributed by atoms with van der Waals surface area (Å²) < 4.78 is 0. The number of likely N-dealkylation sites (N-methyl/N-ethyl adjacent to an activating group) is 1. The summed E-state index contributed by atoms with van der Waals surface area (Å²) in [5.74, 6) is 0. The first-order valence-electron chi connectivity index (χ1n) is 5.43. The Morgan fingerprint density at radius 1 is 1.50 bits per heavy atom. The van der Waals surface area contributed by atoms with E-state index in [9.17, 15) is 0 Å². The highest BCUT2D eigenvalue weighted by Crippen LogP contribution is 2.07. The highest BCUT2D eigenvalue weighted by Gasteiger charge is 2.20. The van der Waals surface area contributed by atoms with E-state index in [1.54, 1.807) is 0 Å². The maximum atomic E-state index is 8.69.